The molecule has 0 amide bonds. The Hall–Kier alpha value is -2.61. The molecule has 0 spiro atoms. The van der Waals surface area contributed by atoms with Crippen molar-refractivity contribution in [1.29, 1.82) is 0 Å². The normalized spacial score (nSPS) is 13.5. The topological polar surface area (TPSA) is 22.0 Å². The second kappa shape index (κ2) is 6.12. The van der Waals surface area contributed by atoms with E-state index in [2.05, 4.69) is 36.4 Å². The third-order valence-electron chi connectivity index (χ3n) is 5.01. The average molecular weight is 315 g/mol. The lowest BCUT2D eigenvalue weighted by Crippen LogP contribution is -2.27. The Balaban J connectivity index is 2.12. The van der Waals surface area contributed by atoms with Crippen molar-refractivity contribution in [1.82, 2.24) is 4.57 Å². The van der Waals surface area contributed by atoms with Crippen molar-refractivity contribution in [2.24, 2.45) is 7.05 Å². The maximum atomic E-state index is 13.0. The number of hydrogen-bond acceptors (Lipinski definition) is 1. The number of benzene rings is 2. The van der Waals surface area contributed by atoms with E-state index in [1.54, 1.807) is 0 Å². The van der Waals surface area contributed by atoms with Crippen molar-refractivity contribution < 1.29 is 0 Å². The Labute approximate surface area is 142 Å². The number of rotatable bonds is 2. The summed E-state index contributed by atoms with van der Waals surface area (Å²) >= 11 is 0. The van der Waals surface area contributed by atoms with Crippen molar-refractivity contribution in [2.75, 3.05) is 0 Å². The molecule has 2 aromatic carbocycles. The molecule has 0 bridgehead atoms. The van der Waals surface area contributed by atoms with Crippen molar-refractivity contribution in [3.63, 3.8) is 0 Å². The van der Waals surface area contributed by atoms with Crippen molar-refractivity contribution in [3.8, 4) is 22.4 Å². The molecule has 0 aliphatic heterocycles. The van der Waals surface area contributed by atoms with E-state index in [9.17, 15) is 4.79 Å². The van der Waals surface area contributed by atoms with Gasteiger partial charge in [-0.2, -0.15) is 0 Å². The Morgan fingerprint density at radius 2 is 1.29 bits per heavy atom. The standard InChI is InChI=1S/C22H21NO/c1-23-21(17-12-6-3-7-13-17)20(16-10-4-2-5-11-16)18-14-8-9-15-19(18)22(23)24/h2-7,10-13H,8-9,14-15H2,1H3. The smallest absolute Gasteiger partial charge is 0.254 e. The van der Waals surface area contributed by atoms with Crippen LogP contribution in [0.1, 0.15) is 24.0 Å². The van der Waals surface area contributed by atoms with Gasteiger partial charge >= 0.3 is 0 Å². The minimum atomic E-state index is 0.170. The third-order valence-corrected chi connectivity index (χ3v) is 5.01. The van der Waals surface area contributed by atoms with Crippen LogP contribution in [0.15, 0.2) is 65.5 Å². The molecule has 2 nitrogen and oxygen atoms in total. The molecular formula is C22H21NO. The molecule has 3 aromatic rings. The highest BCUT2D eigenvalue weighted by atomic mass is 16.1. The lowest BCUT2D eigenvalue weighted by atomic mass is 9.84. The van der Waals surface area contributed by atoms with Crippen LogP contribution in [0.3, 0.4) is 0 Å². The molecule has 1 heterocycles. The lowest BCUT2D eigenvalue weighted by molar-refractivity contribution is 0.666. The van der Waals surface area contributed by atoms with Crippen LogP contribution in [-0.4, -0.2) is 4.57 Å². The summed E-state index contributed by atoms with van der Waals surface area (Å²) in [7, 11) is 1.91. The molecule has 0 radical (unpaired) electrons. The van der Waals surface area contributed by atoms with Gasteiger partial charge < -0.3 is 4.57 Å². The predicted molar refractivity (Wildman–Crippen MR) is 99.2 cm³/mol. The largest absolute Gasteiger partial charge is 0.310 e. The number of nitrogens with zero attached hydrogens (tertiary/aromatic N) is 1. The summed E-state index contributed by atoms with van der Waals surface area (Å²) in [4.78, 5) is 13.0. The zero-order chi connectivity index (χ0) is 16.5. The first-order chi connectivity index (χ1) is 11.8. The van der Waals surface area contributed by atoms with Crippen LogP contribution < -0.4 is 5.56 Å². The van der Waals surface area contributed by atoms with Gasteiger partial charge in [0.2, 0.25) is 0 Å². The van der Waals surface area contributed by atoms with Crippen LogP contribution in [0.5, 0.6) is 0 Å². The minimum Gasteiger partial charge on any atom is -0.310 e. The van der Waals surface area contributed by atoms with Gasteiger partial charge in [-0.1, -0.05) is 60.7 Å². The van der Waals surface area contributed by atoms with Gasteiger partial charge in [0.1, 0.15) is 0 Å². The summed E-state index contributed by atoms with van der Waals surface area (Å²) in [6.45, 7) is 0. The molecule has 0 saturated carbocycles. The number of hydrogen-bond donors (Lipinski definition) is 0. The van der Waals surface area contributed by atoms with Gasteiger partial charge in [-0.15, -0.1) is 0 Å². The van der Waals surface area contributed by atoms with E-state index in [0.29, 0.717) is 0 Å². The maximum Gasteiger partial charge on any atom is 0.254 e. The van der Waals surface area contributed by atoms with Gasteiger partial charge in [0.25, 0.3) is 5.56 Å². The fourth-order valence-corrected chi connectivity index (χ4v) is 3.88. The summed E-state index contributed by atoms with van der Waals surface area (Å²) in [5.74, 6) is 0. The van der Waals surface area contributed by atoms with E-state index in [0.717, 1.165) is 42.5 Å². The van der Waals surface area contributed by atoms with Crippen molar-refractivity contribution >= 4 is 0 Å². The van der Waals surface area contributed by atoms with Gasteiger partial charge in [0, 0.05) is 18.2 Å². The van der Waals surface area contributed by atoms with Crippen LogP contribution in [0.2, 0.25) is 0 Å². The predicted octanol–water partition coefficient (Wildman–Crippen LogP) is 4.60. The third kappa shape index (κ3) is 2.39. The van der Waals surface area contributed by atoms with Gasteiger partial charge in [0.05, 0.1) is 5.69 Å². The van der Waals surface area contributed by atoms with Crippen LogP contribution >= 0.6 is 0 Å². The molecule has 0 atom stereocenters. The Morgan fingerprint density at radius 3 is 1.92 bits per heavy atom. The van der Waals surface area contributed by atoms with E-state index >= 15 is 0 Å². The van der Waals surface area contributed by atoms with Crippen molar-refractivity contribution in [2.45, 2.75) is 25.7 Å². The summed E-state index contributed by atoms with van der Waals surface area (Å²) in [6.07, 6.45) is 4.17. The van der Waals surface area contributed by atoms with Crippen LogP contribution in [0.25, 0.3) is 22.4 Å². The summed E-state index contributed by atoms with van der Waals surface area (Å²) in [5, 5.41) is 0. The summed E-state index contributed by atoms with van der Waals surface area (Å²) < 4.78 is 1.85. The molecule has 1 aromatic heterocycles. The molecule has 2 heteroatoms. The van der Waals surface area contributed by atoms with E-state index < -0.39 is 0 Å². The van der Waals surface area contributed by atoms with Gasteiger partial charge in [-0.05, 0) is 42.4 Å². The van der Waals surface area contributed by atoms with E-state index in [1.807, 2.05) is 35.9 Å². The van der Waals surface area contributed by atoms with E-state index in [-0.39, 0.29) is 5.56 Å². The molecule has 120 valence electrons. The van der Waals surface area contributed by atoms with Gasteiger partial charge in [-0.25, -0.2) is 0 Å². The zero-order valence-electron chi connectivity index (χ0n) is 14.0. The quantitative estimate of drug-likeness (QED) is 0.677. The molecule has 4 rings (SSSR count). The molecule has 0 fully saturated rings. The highest BCUT2D eigenvalue weighted by Gasteiger charge is 2.23. The molecule has 1 aliphatic carbocycles. The fourth-order valence-electron chi connectivity index (χ4n) is 3.88. The summed E-state index contributed by atoms with van der Waals surface area (Å²) in [6, 6.07) is 20.8. The number of pyridine rings is 1. The Bertz CT molecular complexity index is 924. The van der Waals surface area contributed by atoms with Gasteiger partial charge in [0.15, 0.2) is 0 Å². The fraction of sp³-hybridized carbons (Fsp3) is 0.227. The molecular weight excluding hydrogens is 294 g/mol. The highest BCUT2D eigenvalue weighted by molar-refractivity contribution is 5.84. The monoisotopic (exact) mass is 315 g/mol. The maximum absolute atomic E-state index is 13.0. The second-order valence-corrected chi connectivity index (χ2v) is 6.48. The van der Waals surface area contributed by atoms with E-state index in [1.165, 1.54) is 16.7 Å². The molecule has 0 unspecified atom stereocenters. The Morgan fingerprint density at radius 1 is 0.750 bits per heavy atom. The molecule has 1 aliphatic rings. The van der Waals surface area contributed by atoms with Crippen LogP contribution in [0, 0.1) is 0 Å². The highest BCUT2D eigenvalue weighted by Crippen LogP contribution is 2.37. The van der Waals surface area contributed by atoms with Crippen molar-refractivity contribution in [3.05, 3.63) is 82.1 Å². The minimum absolute atomic E-state index is 0.170. The molecule has 24 heavy (non-hydrogen) atoms. The average Bonchev–Trinajstić information content (AvgIpc) is 2.66. The number of fused-ring (bicyclic) bond motifs is 1. The second-order valence-electron chi connectivity index (χ2n) is 6.48. The first kappa shape index (κ1) is 14.9. The van der Waals surface area contributed by atoms with E-state index in [4.69, 9.17) is 0 Å². The first-order valence-corrected chi connectivity index (χ1v) is 8.63. The van der Waals surface area contributed by atoms with Gasteiger partial charge in [-0.3, -0.25) is 4.79 Å². The van der Waals surface area contributed by atoms with Crippen LogP contribution in [0.4, 0.5) is 0 Å². The lowest BCUT2D eigenvalue weighted by Gasteiger charge is -2.24. The SMILES string of the molecule is Cn1c(-c2ccccc2)c(-c2ccccc2)c2c(c1=O)CCCC2. The van der Waals surface area contributed by atoms with Crippen LogP contribution in [-0.2, 0) is 19.9 Å². The summed E-state index contributed by atoms with van der Waals surface area (Å²) in [5.41, 5.74) is 7.01. The molecule has 0 N–H and O–H groups in total. The number of aromatic nitrogens is 1. The molecule has 0 saturated heterocycles. The first-order valence-electron chi connectivity index (χ1n) is 8.63. The zero-order valence-corrected chi connectivity index (χ0v) is 14.0. The Kier molecular flexibility index (Phi) is 3.81.